The molecule has 0 saturated heterocycles. The number of methoxy groups -OCH3 is 1. The topological polar surface area (TPSA) is 21.7 Å². The number of rotatable bonds is 8. The fourth-order valence-electron chi connectivity index (χ4n) is 1.16. The van der Waals surface area contributed by atoms with Gasteiger partial charge in [0, 0.05) is 32.6 Å². The van der Waals surface area contributed by atoms with Crippen molar-refractivity contribution in [3.8, 4) is 0 Å². The van der Waals surface area contributed by atoms with Crippen molar-refractivity contribution in [1.82, 2.24) is 4.90 Å². The van der Waals surface area contributed by atoms with E-state index in [1.54, 1.807) is 7.11 Å². The van der Waals surface area contributed by atoms with Crippen molar-refractivity contribution in [3.05, 3.63) is 0 Å². The average molecular weight is 238 g/mol. The van der Waals surface area contributed by atoms with Crippen LogP contribution in [0.2, 0.25) is 0 Å². The maximum atomic E-state index is 5.72. The minimum Gasteiger partial charge on any atom is -0.383 e. The van der Waals surface area contributed by atoms with E-state index in [4.69, 9.17) is 21.1 Å². The Balaban J connectivity index is 3.65. The van der Waals surface area contributed by atoms with E-state index in [1.165, 1.54) is 0 Å². The SMILES string of the molecule is COCCN(CCCl)CCOC(C)(C)C. The summed E-state index contributed by atoms with van der Waals surface area (Å²) in [5, 5.41) is 0. The number of hydrogen-bond acceptors (Lipinski definition) is 3. The van der Waals surface area contributed by atoms with Crippen LogP contribution >= 0.6 is 11.6 Å². The van der Waals surface area contributed by atoms with Crippen molar-refractivity contribution in [2.45, 2.75) is 26.4 Å². The van der Waals surface area contributed by atoms with Crippen LogP contribution in [0.1, 0.15) is 20.8 Å². The lowest BCUT2D eigenvalue weighted by Crippen LogP contribution is -2.34. The number of alkyl halides is 1. The lowest BCUT2D eigenvalue weighted by atomic mass is 10.2. The van der Waals surface area contributed by atoms with Gasteiger partial charge in [-0.3, -0.25) is 4.90 Å². The minimum absolute atomic E-state index is 0.0616. The first-order valence-corrected chi connectivity index (χ1v) is 5.94. The highest BCUT2D eigenvalue weighted by Gasteiger charge is 2.11. The van der Waals surface area contributed by atoms with Crippen molar-refractivity contribution < 1.29 is 9.47 Å². The van der Waals surface area contributed by atoms with E-state index < -0.39 is 0 Å². The summed E-state index contributed by atoms with van der Waals surface area (Å²) in [6.45, 7) is 10.4. The Kier molecular flexibility index (Phi) is 8.43. The number of hydrogen-bond donors (Lipinski definition) is 0. The van der Waals surface area contributed by atoms with E-state index in [0.717, 1.165) is 32.8 Å². The molecule has 0 amide bonds. The molecule has 0 radical (unpaired) electrons. The van der Waals surface area contributed by atoms with Crippen molar-refractivity contribution in [2.24, 2.45) is 0 Å². The minimum atomic E-state index is -0.0616. The molecule has 0 heterocycles. The van der Waals surface area contributed by atoms with Gasteiger partial charge >= 0.3 is 0 Å². The molecule has 0 aromatic carbocycles. The van der Waals surface area contributed by atoms with Gasteiger partial charge in [-0.15, -0.1) is 11.6 Å². The maximum absolute atomic E-state index is 5.72. The molecule has 0 saturated carbocycles. The van der Waals surface area contributed by atoms with Crippen LogP contribution in [-0.4, -0.2) is 56.3 Å². The molecule has 4 heteroatoms. The highest BCUT2D eigenvalue weighted by molar-refractivity contribution is 6.18. The van der Waals surface area contributed by atoms with Crippen molar-refractivity contribution >= 4 is 11.6 Å². The van der Waals surface area contributed by atoms with Crippen molar-refractivity contribution in [1.29, 1.82) is 0 Å². The zero-order valence-electron chi connectivity index (χ0n) is 10.4. The molecule has 0 atom stereocenters. The molecule has 0 rings (SSSR count). The van der Waals surface area contributed by atoms with Gasteiger partial charge in [-0.25, -0.2) is 0 Å². The molecule has 0 fully saturated rings. The normalized spacial score (nSPS) is 12.4. The summed E-state index contributed by atoms with van der Waals surface area (Å²) in [5.41, 5.74) is -0.0616. The molecule has 0 bridgehead atoms. The van der Waals surface area contributed by atoms with E-state index in [-0.39, 0.29) is 5.60 Å². The van der Waals surface area contributed by atoms with E-state index in [1.807, 2.05) is 0 Å². The summed E-state index contributed by atoms with van der Waals surface area (Å²) < 4.78 is 10.7. The summed E-state index contributed by atoms with van der Waals surface area (Å²) in [6, 6.07) is 0. The Morgan fingerprint density at radius 2 is 1.67 bits per heavy atom. The highest BCUT2D eigenvalue weighted by atomic mass is 35.5. The zero-order chi connectivity index (χ0) is 11.7. The molecular formula is C11H24ClNO2. The predicted octanol–water partition coefficient (Wildman–Crippen LogP) is 1.99. The molecule has 0 N–H and O–H groups in total. The molecule has 0 unspecified atom stereocenters. The lowest BCUT2D eigenvalue weighted by molar-refractivity contribution is -0.0143. The molecule has 0 aromatic heterocycles. The quantitative estimate of drug-likeness (QED) is 0.603. The van der Waals surface area contributed by atoms with Gasteiger partial charge in [-0.05, 0) is 20.8 Å². The third kappa shape index (κ3) is 10.5. The molecule has 0 aliphatic heterocycles. The maximum Gasteiger partial charge on any atom is 0.0600 e. The third-order valence-corrected chi connectivity index (χ3v) is 2.12. The van der Waals surface area contributed by atoms with Crippen LogP contribution in [-0.2, 0) is 9.47 Å². The largest absolute Gasteiger partial charge is 0.383 e. The first kappa shape index (κ1) is 15.2. The molecule has 15 heavy (non-hydrogen) atoms. The van der Waals surface area contributed by atoms with E-state index in [2.05, 4.69) is 25.7 Å². The Morgan fingerprint density at radius 3 is 2.13 bits per heavy atom. The van der Waals surface area contributed by atoms with E-state index in [9.17, 15) is 0 Å². The Morgan fingerprint density at radius 1 is 1.07 bits per heavy atom. The van der Waals surface area contributed by atoms with Crippen LogP contribution in [0.15, 0.2) is 0 Å². The van der Waals surface area contributed by atoms with Gasteiger partial charge in [0.05, 0.1) is 18.8 Å². The fraction of sp³-hybridized carbons (Fsp3) is 1.00. The van der Waals surface area contributed by atoms with Crippen molar-refractivity contribution in [2.75, 3.05) is 45.8 Å². The van der Waals surface area contributed by atoms with Gasteiger partial charge in [0.25, 0.3) is 0 Å². The Hall–Kier alpha value is 0.170. The van der Waals surface area contributed by atoms with Crippen molar-refractivity contribution in [3.63, 3.8) is 0 Å². The van der Waals surface area contributed by atoms with Gasteiger partial charge in [0.15, 0.2) is 0 Å². The molecule has 92 valence electrons. The molecule has 0 aromatic rings. The van der Waals surface area contributed by atoms with Gasteiger partial charge in [0.2, 0.25) is 0 Å². The summed E-state index contributed by atoms with van der Waals surface area (Å²) >= 11 is 5.72. The fourth-order valence-corrected chi connectivity index (χ4v) is 1.40. The van der Waals surface area contributed by atoms with E-state index >= 15 is 0 Å². The molecule has 0 aliphatic carbocycles. The summed E-state index contributed by atoms with van der Waals surface area (Å²) in [5.74, 6) is 0.652. The second-order valence-electron chi connectivity index (χ2n) is 4.48. The first-order valence-electron chi connectivity index (χ1n) is 5.41. The first-order chi connectivity index (χ1) is 6.99. The zero-order valence-corrected chi connectivity index (χ0v) is 11.1. The average Bonchev–Trinajstić information content (AvgIpc) is 2.12. The summed E-state index contributed by atoms with van der Waals surface area (Å²) in [7, 11) is 1.71. The predicted molar refractivity (Wildman–Crippen MR) is 64.7 cm³/mol. The number of ether oxygens (including phenoxy) is 2. The monoisotopic (exact) mass is 237 g/mol. The van der Waals surface area contributed by atoms with Crippen LogP contribution in [0.25, 0.3) is 0 Å². The van der Waals surface area contributed by atoms with Crippen LogP contribution in [0.4, 0.5) is 0 Å². The van der Waals surface area contributed by atoms with Gasteiger partial charge in [-0.2, -0.15) is 0 Å². The number of halogens is 1. The summed E-state index contributed by atoms with van der Waals surface area (Å²) in [4.78, 5) is 2.25. The van der Waals surface area contributed by atoms with Crippen LogP contribution in [0, 0.1) is 0 Å². The Labute approximate surface area is 98.7 Å². The molecule has 0 spiro atoms. The molecule has 3 nitrogen and oxygen atoms in total. The smallest absolute Gasteiger partial charge is 0.0600 e. The van der Waals surface area contributed by atoms with Crippen LogP contribution in [0.3, 0.4) is 0 Å². The molecular weight excluding hydrogens is 214 g/mol. The van der Waals surface area contributed by atoms with E-state index in [0.29, 0.717) is 5.88 Å². The lowest BCUT2D eigenvalue weighted by Gasteiger charge is -2.24. The standard InChI is InChI=1S/C11H24ClNO2/c1-11(2,3)15-10-8-13(6-5-12)7-9-14-4/h5-10H2,1-4H3. The van der Waals surface area contributed by atoms with Crippen LogP contribution in [0.5, 0.6) is 0 Å². The number of nitrogens with zero attached hydrogens (tertiary/aromatic N) is 1. The van der Waals surface area contributed by atoms with Gasteiger partial charge in [0.1, 0.15) is 0 Å². The summed E-state index contributed by atoms with van der Waals surface area (Å²) in [6.07, 6.45) is 0. The second kappa shape index (κ2) is 8.34. The van der Waals surface area contributed by atoms with Gasteiger partial charge in [-0.1, -0.05) is 0 Å². The third-order valence-electron chi connectivity index (χ3n) is 1.95. The Bertz CT molecular complexity index is 148. The van der Waals surface area contributed by atoms with Gasteiger partial charge < -0.3 is 9.47 Å². The highest BCUT2D eigenvalue weighted by Crippen LogP contribution is 2.06. The van der Waals surface area contributed by atoms with Crippen LogP contribution < -0.4 is 0 Å². The second-order valence-corrected chi connectivity index (χ2v) is 4.86. The molecule has 0 aliphatic rings.